The van der Waals surface area contributed by atoms with Crippen LogP contribution in [0, 0.1) is 5.41 Å². The maximum absolute atomic E-state index is 3.95. The molecule has 0 aromatic heterocycles. The lowest BCUT2D eigenvalue weighted by Crippen LogP contribution is -2.58. The zero-order valence-electron chi connectivity index (χ0n) is 13.7. The molecule has 2 nitrogen and oxygen atoms in total. The molecule has 0 bridgehead atoms. The van der Waals surface area contributed by atoms with E-state index in [9.17, 15) is 0 Å². The highest BCUT2D eigenvalue weighted by molar-refractivity contribution is 5.01. The molecule has 1 N–H and O–H groups in total. The van der Waals surface area contributed by atoms with Crippen LogP contribution in [0.5, 0.6) is 0 Å². The number of likely N-dealkylation sites (tertiary alicyclic amines) is 1. The van der Waals surface area contributed by atoms with Crippen LogP contribution in [-0.4, -0.2) is 36.1 Å². The molecule has 1 atom stereocenters. The van der Waals surface area contributed by atoms with Crippen LogP contribution in [0.15, 0.2) is 0 Å². The van der Waals surface area contributed by atoms with Crippen molar-refractivity contribution in [3.63, 3.8) is 0 Å². The highest BCUT2D eigenvalue weighted by Crippen LogP contribution is 2.48. The van der Waals surface area contributed by atoms with Crippen LogP contribution in [0.4, 0.5) is 0 Å². The van der Waals surface area contributed by atoms with Gasteiger partial charge in [-0.05, 0) is 64.0 Å². The minimum Gasteiger partial charge on any atom is -0.312 e. The summed E-state index contributed by atoms with van der Waals surface area (Å²) in [5.41, 5.74) is 1.11. The fraction of sp³-hybridized carbons (Fsp3) is 1.00. The molecule has 0 aromatic rings. The predicted octanol–water partition coefficient (Wildman–Crippen LogP) is 3.95. The fourth-order valence-corrected chi connectivity index (χ4v) is 4.40. The Balaban J connectivity index is 1.62. The van der Waals surface area contributed by atoms with Crippen LogP contribution in [-0.2, 0) is 0 Å². The molecule has 2 saturated carbocycles. The summed E-state index contributed by atoms with van der Waals surface area (Å²) < 4.78 is 0. The summed E-state index contributed by atoms with van der Waals surface area (Å²) in [7, 11) is 0. The number of nitrogens with zero attached hydrogens (tertiary/aromatic N) is 1. The maximum atomic E-state index is 3.95. The minimum absolute atomic E-state index is 0.498. The second-order valence-electron chi connectivity index (χ2n) is 8.09. The number of hydrogen-bond acceptors (Lipinski definition) is 2. The average Bonchev–Trinajstić information content (AvgIpc) is 3.26. The summed E-state index contributed by atoms with van der Waals surface area (Å²) in [5, 5.41) is 3.95. The number of rotatable bonds is 5. The largest absolute Gasteiger partial charge is 0.312 e. The van der Waals surface area contributed by atoms with E-state index in [-0.39, 0.29) is 0 Å². The molecule has 2 heteroatoms. The van der Waals surface area contributed by atoms with E-state index >= 15 is 0 Å². The molecule has 1 saturated heterocycles. The van der Waals surface area contributed by atoms with E-state index in [1.165, 1.54) is 83.8 Å². The lowest BCUT2D eigenvalue weighted by Gasteiger charge is -2.49. The van der Waals surface area contributed by atoms with Gasteiger partial charge in [0.1, 0.15) is 0 Å². The van der Waals surface area contributed by atoms with Gasteiger partial charge in [0, 0.05) is 18.1 Å². The third-order valence-corrected chi connectivity index (χ3v) is 6.63. The first kappa shape index (κ1) is 14.8. The third-order valence-electron chi connectivity index (χ3n) is 6.63. The molecule has 20 heavy (non-hydrogen) atoms. The van der Waals surface area contributed by atoms with Gasteiger partial charge in [-0.15, -0.1) is 0 Å². The molecule has 1 aliphatic heterocycles. The summed E-state index contributed by atoms with van der Waals surface area (Å²) >= 11 is 0. The van der Waals surface area contributed by atoms with Crippen molar-refractivity contribution in [3.8, 4) is 0 Å². The number of nitrogens with one attached hydrogen (secondary N) is 1. The first-order valence-electron chi connectivity index (χ1n) is 9.13. The Morgan fingerprint density at radius 1 is 0.900 bits per heavy atom. The summed E-state index contributed by atoms with van der Waals surface area (Å²) in [6.45, 7) is 8.82. The Morgan fingerprint density at radius 2 is 1.50 bits per heavy atom. The average molecular weight is 278 g/mol. The Bertz CT molecular complexity index is 309. The van der Waals surface area contributed by atoms with Gasteiger partial charge < -0.3 is 5.32 Å². The molecule has 0 amide bonds. The van der Waals surface area contributed by atoms with Gasteiger partial charge in [0.05, 0.1) is 0 Å². The molecule has 3 fully saturated rings. The van der Waals surface area contributed by atoms with Gasteiger partial charge in [-0.1, -0.05) is 32.6 Å². The van der Waals surface area contributed by atoms with Crippen LogP contribution >= 0.6 is 0 Å². The Morgan fingerprint density at radius 3 is 2.10 bits per heavy atom. The molecule has 0 radical (unpaired) electrons. The molecule has 1 heterocycles. The highest BCUT2D eigenvalue weighted by atomic mass is 15.2. The van der Waals surface area contributed by atoms with Crippen molar-refractivity contribution >= 4 is 0 Å². The van der Waals surface area contributed by atoms with E-state index in [0.29, 0.717) is 17.0 Å². The summed E-state index contributed by atoms with van der Waals surface area (Å²) in [6, 6.07) is 0.700. The van der Waals surface area contributed by atoms with E-state index in [0.717, 1.165) is 0 Å². The molecular weight excluding hydrogens is 244 g/mol. The van der Waals surface area contributed by atoms with Gasteiger partial charge in [-0.25, -0.2) is 0 Å². The van der Waals surface area contributed by atoms with Crippen molar-refractivity contribution in [1.29, 1.82) is 0 Å². The van der Waals surface area contributed by atoms with E-state index < -0.39 is 0 Å². The molecule has 116 valence electrons. The zero-order valence-corrected chi connectivity index (χ0v) is 13.7. The van der Waals surface area contributed by atoms with Gasteiger partial charge in [0.15, 0.2) is 0 Å². The normalized spacial score (nSPS) is 30.9. The quantitative estimate of drug-likeness (QED) is 0.819. The minimum atomic E-state index is 0.498. The molecule has 1 unspecified atom stereocenters. The van der Waals surface area contributed by atoms with Crippen molar-refractivity contribution in [2.45, 2.75) is 89.6 Å². The molecule has 0 spiro atoms. The van der Waals surface area contributed by atoms with Crippen LogP contribution in [0.2, 0.25) is 0 Å². The van der Waals surface area contributed by atoms with Crippen LogP contribution in [0.1, 0.15) is 78.1 Å². The molecule has 2 aliphatic carbocycles. The van der Waals surface area contributed by atoms with Crippen molar-refractivity contribution < 1.29 is 0 Å². The van der Waals surface area contributed by atoms with Crippen molar-refractivity contribution in [2.75, 3.05) is 19.6 Å². The maximum Gasteiger partial charge on any atom is 0.0334 e. The Hall–Kier alpha value is -0.0800. The lowest BCUT2D eigenvalue weighted by atomic mass is 9.78. The molecule has 3 aliphatic rings. The van der Waals surface area contributed by atoms with E-state index in [1.807, 2.05) is 0 Å². The Labute approximate surface area is 125 Å². The third kappa shape index (κ3) is 3.06. The van der Waals surface area contributed by atoms with Crippen molar-refractivity contribution in [2.24, 2.45) is 5.41 Å². The van der Waals surface area contributed by atoms with E-state index in [2.05, 4.69) is 24.1 Å². The lowest BCUT2D eigenvalue weighted by molar-refractivity contribution is 0.0301. The van der Waals surface area contributed by atoms with Crippen LogP contribution in [0.3, 0.4) is 0 Å². The smallest absolute Gasteiger partial charge is 0.0334 e. The molecular formula is C18H34N2. The van der Waals surface area contributed by atoms with Crippen molar-refractivity contribution in [3.05, 3.63) is 0 Å². The Kier molecular flexibility index (Phi) is 4.42. The van der Waals surface area contributed by atoms with E-state index in [4.69, 9.17) is 0 Å². The van der Waals surface area contributed by atoms with Gasteiger partial charge in [0.25, 0.3) is 0 Å². The van der Waals surface area contributed by atoms with Crippen LogP contribution in [0.25, 0.3) is 0 Å². The first-order valence-corrected chi connectivity index (χ1v) is 9.13. The first-order chi connectivity index (χ1) is 9.65. The SMILES string of the molecule is CC(NCC1(N2CCCCC2)CCCCC1)C1(C)CC1. The van der Waals surface area contributed by atoms with Gasteiger partial charge in [0.2, 0.25) is 0 Å². The van der Waals surface area contributed by atoms with Crippen molar-refractivity contribution in [1.82, 2.24) is 10.2 Å². The fourth-order valence-electron chi connectivity index (χ4n) is 4.40. The molecule has 0 aromatic carbocycles. The van der Waals surface area contributed by atoms with Gasteiger partial charge >= 0.3 is 0 Å². The molecule has 3 rings (SSSR count). The summed E-state index contributed by atoms with van der Waals surface area (Å²) in [6.07, 6.45) is 14.4. The monoisotopic (exact) mass is 278 g/mol. The number of piperidine rings is 1. The zero-order chi connectivity index (χ0) is 14.1. The second kappa shape index (κ2) is 5.96. The predicted molar refractivity (Wildman–Crippen MR) is 86.0 cm³/mol. The van der Waals surface area contributed by atoms with E-state index in [1.54, 1.807) is 0 Å². The second-order valence-corrected chi connectivity index (χ2v) is 8.09. The number of hydrogen-bond donors (Lipinski definition) is 1. The topological polar surface area (TPSA) is 15.3 Å². The standard InChI is InChI=1S/C18H34N2/c1-16(17(2)11-12-17)19-15-18(9-5-3-6-10-18)20-13-7-4-8-14-20/h16,19H,3-15H2,1-2H3. The van der Waals surface area contributed by atoms with Gasteiger partial charge in [-0.3, -0.25) is 4.90 Å². The summed E-state index contributed by atoms with van der Waals surface area (Å²) in [5.74, 6) is 0. The van der Waals surface area contributed by atoms with Crippen LogP contribution < -0.4 is 5.32 Å². The van der Waals surface area contributed by atoms with Gasteiger partial charge in [-0.2, -0.15) is 0 Å². The summed E-state index contributed by atoms with van der Waals surface area (Å²) in [4.78, 5) is 2.87. The highest BCUT2D eigenvalue weighted by Gasteiger charge is 2.44.